The maximum atomic E-state index is 9.79. The Kier molecular flexibility index (Phi) is 2.67. The summed E-state index contributed by atoms with van der Waals surface area (Å²) in [6.45, 7) is 3.90. The molecule has 0 saturated heterocycles. The monoisotopic (exact) mass is 224 g/mol. The zero-order valence-corrected chi connectivity index (χ0v) is 9.49. The first-order chi connectivity index (χ1) is 7.13. The normalized spacial score (nSPS) is 13.3. The largest absolute Gasteiger partial charge is 0.387 e. The van der Waals surface area contributed by atoms with Gasteiger partial charge in [0.2, 0.25) is 0 Å². The minimum Gasteiger partial charge on any atom is -0.387 e. The van der Waals surface area contributed by atoms with Crippen LogP contribution in [-0.2, 0) is 0 Å². The van der Waals surface area contributed by atoms with Crippen LogP contribution in [0.2, 0.25) is 5.02 Å². The molecule has 0 radical (unpaired) electrons. The molecule has 0 aliphatic heterocycles. The number of nitrogens with zero attached hydrogens (tertiary/aromatic N) is 2. The summed E-state index contributed by atoms with van der Waals surface area (Å²) < 4.78 is 1.85. The summed E-state index contributed by atoms with van der Waals surface area (Å²) in [6.07, 6.45) is 3.79. The van der Waals surface area contributed by atoms with Gasteiger partial charge in [0, 0.05) is 6.20 Å². The van der Waals surface area contributed by atoms with E-state index in [1.807, 2.05) is 30.5 Å². The SMILES string of the molecule is CCC(O)c1cnc2c(Cl)cc(C)cn12. The molecule has 0 aliphatic rings. The number of aliphatic hydroxyl groups excluding tert-OH is 1. The first-order valence-corrected chi connectivity index (χ1v) is 5.32. The lowest BCUT2D eigenvalue weighted by molar-refractivity contribution is 0.168. The van der Waals surface area contributed by atoms with Gasteiger partial charge in [0.15, 0.2) is 5.65 Å². The molecule has 0 amide bonds. The molecule has 4 heteroatoms. The minimum absolute atomic E-state index is 0.488. The van der Waals surface area contributed by atoms with Crippen molar-refractivity contribution in [2.45, 2.75) is 26.4 Å². The number of aryl methyl sites for hydroxylation is 1. The Labute approximate surface area is 93.3 Å². The molecule has 0 saturated carbocycles. The Morgan fingerprint density at radius 1 is 1.60 bits per heavy atom. The van der Waals surface area contributed by atoms with Gasteiger partial charge >= 0.3 is 0 Å². The average Bonchev–Trinajstić information content (AvgIpc) is 2.60. The van der Waals surface area contributed by atoms with Crippen molar-refractivity contribution in [3.05, 3.63) is 34.7 Å². The van der Waals surface area contributed by atoms with Crippen LogP contribution in [0.25, 0.3) is 5.65 Å². The molecule has 1 unspecified atom stereocenters. The second kappa shape index (κ2) is 3.83. The predicted octanol–water partition coefficient (Wildman–Crippen LogP) is 2.74. The van der Waals surface area contributed by atoms with Crippen LogP contribution in [0.15, 0.2) is 18.5 Å². The van der Waals surface area contributed by atoms with E-state index < -0.39 is 6.10 Å². The van der Waals surface area contributed by atoms with Crippen molar-refractivity contribution in [3.8, 4) is 0 Å². The van der Waals surface area contributed by atoms with Gasteiger partial charge in [0.05, 0.1) is 23.0 Å². The van der Waals surface area contributed by atoms with Crippen molar-refractivity contribution in [2.75, 3.05) is 0 Å². The van der Waals surface area contributed by atoms with Crippen molar-refractivity contribution < 1.29 is 5.11 Å². The quantitative estimate of drug-likeness (QED) is 0.852. The van der Waals surface area contributed by atoms with E-state index in [1.54, 1.807) is 6.20 Å². The van der Waals surface area contributed by atoms with Crippen LogP contribution >= 0.6 is 11.6 Å². The third-order valence-electron chi connectivity index (χ3n) is 2.45. The summed E-state index contributed by atoms with van der Waals surface area (Å²) in [7, 11) is 0. The summed E-state index contributed by atoms with van der Waals surface area (Å²) in [5.74, 6) is 0. The third-order valence-corrected chi connectivity index (χ3v) is 2.73. The second-order valence-electron chi connectivity index (χ2n) is 3.67. The van der Waals surface area contributed by atoms with Crippen LogP contribution in [0, 0.1) is 6.92 Å². The number of fused-ring (bicyclic) bond motifs is 1. The van der Waals surface area contributed by atoms with Crippen molar-refractivity contribution >= 4 is 17.2 Å². The van der Waals surface area contributed by atoms with Gasteiger partial charge in [-0.3, -0.25) is 4.40 Å². The smallest absolute Gasteiger partial charge is 0.155 e. The molecule has 1 atom stereocenters. The molecule has 2 rings (SSSR count). The lowest BCUT2D eigenvalue weighted by Gasteiger charge is -2.08. The summed E-state index contributed by atoms with van der Waals surface area (Å²) in [5, 5.41) is 10.4. The van der Waals surface area contributed by atoms with E-state index >= 15 is 0 Å². The molecule has 2 aromatic heterocycles. The van der Waals surface area contributed by atoms with Gasteiger partial charge in [-0.2, -0.15) is 0 Å². The maximum Gasteiger partial charge on any atom is 0.155 e. The van der Waals surface area contributed by atoms with Crippen LogP contribution in [0.5, 0.6) is 0 Å². The van der Waals surface area contributed by atoms with Crippen LogP contribution in [-0.4, -0.2) is 14.5 Å². The molecule has 2 aromatic rings. The van der Waals surface area contributed by atoms with Crippen molar-refractivity contribution in [1.82, 2.24) is 9.38 Å². The first-order valence-electron chi connectivity index (χ1n) is 4.94. The molecule has 3 nitrogen and oxygen atoms in total. The number of imidazole rings is 1. The molecular formula is C11H13ClN2O. The van der Waals surface area contributed by atoms with Crippen LogP contribution < -0.4 is 0 Å². The molecule has 15 heavy (non-hydrogen) atoms. The minimum atomic E-state index is -0.488. The number of hydrogen-bond donors (Lipinski definition) is 1. The van der Waals surface area contributed by atoms with Gasteiger partial charge in [-0.25, -0.2) is 4.98 Å². The highest BCUT2D eigenvalue weighted by molar-refractivity contribution is 6.33. The molecule has 2 heterocycles. The van der Waals surface area contributed by atoms with Gasteiger partial charge in [0.1, 0.15) is 0 Å². The van der Waals surface area contributed by atoms with E-state index in [0.29, 0.717) is 17.1 Å². The standard InChI is InChI=1S/C11H13ClN2O/c1-3-10(15)9-5-13-11-8(12)4-7(2)6-14(9)11/h4-6,10,15H,3H2,1-2H3. The van der Waals surface area contributed by atoms with E-state index in [2.05, 4.69) is 4.98 Å². The third kappa shape index (κ3) is 1.73. The van der Waals surface area contributed by atoms with Crippen molar-refractivity contribution in [3.63, 3.8) is 0 Å². The fraction of sp³-hybridized carbons (Fsp3) is 0.364. The van der Waals surface area contributed by atoms with Crippen molar-refractivity contribution in [1.29, 1.82) is 0 Å². The molecular weight excluding hydrogens is 212 g/mol. The number of hydrogen-bond acceptors (Lipinski definition) is 2. The molecule has 0 spiro atoms. The highest BCUT2D eigenvalue weighted by Gasteiger charge is 2.12. The predicted molar refractivity (Wildman–Crippen MR) is 60.2 cm³/mol. The molecule has 0 aromatic carbocycles. The average molecular weight is 225 g/mol. The van der Waals surface area contributed by atoms with E-state index in [-0.39, 0.29) is 0 Å². The maximum absolute atomic E-state index is 9.79. The topological polar surface area (TPSA) is 37.5 Å². The van der Waals surface area contributed by atoms with Gasteiger partial charge in [0.25, 0.3) is 0 Å². The van der Waals surface area contributed by atoms with Gasteiger partial charge < -0.3 is 5.11 Å². The van der Waals surface area contributed by atoms with Crippen LogP contribution in [0.3, 0.4) is 0 Å². The fourth-order valence-corrected chi connectivity index (χ4v) is 1.96. The molecule has 0 fully saturated rings. The summed E-state index contributed by atoms with van der Waals surface area (Å²) >= 11 is 6.06. The number of halogens is 1. The van der Waals surface area contributed by atoms with E-state index in [1.165, 1.54) is 0 Å². The lowest BCUT2D eigenvalue weighted by Crippen LogP contribution is -2.00. The first kappa shape index (κ1) is 10.5. The summed E-state index contributed by atoms with van der Waals surface area (Å²) in [6, 6.07) is 1.87. The fourth-order valence-electron chi connectivity index (χ4n) is 1.65. The molecule has 1 N–H and O–H groups in total. The summed E-state index contributed by atoms with van der Waals surface area (Å²) in [4.78, 5) is 4.20. The number of aliphatic hydroxyl groups is 1. The molecule has 80 valence electrons. The van der Waals surface area contributed by atoms with Crippen LogP contribution in [0.4, 0.5) is 0 Å². The Balaban J connectivity index is 2.68. The Hall–Kier alpha value is -1.06. The summed E-state index contributed by atoms with van der Waals surface area (Å²) in [5.41, 5.74) is 2.54. The second-order valence-corrected chi connectivity index (χ2v) is 4.07. The number of aromatic nitrogens is 2. The van der Waals surface area contributed by atoms with Crippen LogP contribution in [0.1, 0.15) is 30.7 Å². The molecule has 0 bridgehead atoms. The zero-order valence-electron chi connectivity index (χ0n) is 8.74. The van der Waals surface area contributed by atoms with Gasteiger partial charge in [-0.05, 0) is 25.0 Å². The van der Waals surface area contributed by atoms with E-state index in [0.717, 1.165) is 11.3 Å². The zero-order chi connectivity index (χ0) is 11.0. The lowest BCUT2D eigenvalue weighted by atomic mass is 10.2. The number of rotatable bonds is 2. The van der Waals surface area contributed by atoms with Gasteiger partial charge in [-0.1, -0.05) is 18.5 Å². The van der Waals surface area contributed by atoms with Crippen molar-refractivity contribution in [2.24, 2.45) is 0 Å². The highest BCUT2D eigenvalue weighted by Crippen LogP contribution is 2.23. The Morgan fingerprint density at radius 3 is 3.00 bits per heavy atom. The Bertz CT molecular complexity index is 493. The van der Waals surface area contributed by atoms with E-state index in [4.69, 9.17) is 11.6 Å². The Morgan fingerprint density at radius 2 is 2.33 bits per heavy atom. The highest BCUT2D eigenvalue weighted by atomic mass is 35.5. The molecule has 0 aliphatic carbocycles. The van der Waals surface area contributed by atoms with Gasteiger partial charge in [-0.15, -0.1) is 0 Å². The number of pyridine rings is 1. The van der Waals surface area contributed by atoms with E-state index in [9.17, 15) is 5.11 Å².